The highest BCUT2D eigenvalue weighted by atomic mass is 27.2. The average molecular weight is 292 g/mol. The zero-order valence-corrected chi connectivity index (χ0v) is 15.6. The molecule has 6 heteroatoms. The Kier molecular flexibility index (Phi) is 6.50. The summed E-state index contributed by atoms with van der Waals surface area (Å²) in [5, 5.41) is 0. The predicted octanol–water partition coefficient (Wildman–Crippen LogP) is 2.69. The van der Waals surface area contributed by atoms with Crippen LogP contribution >= 0.6 is 0 Å². The van der Waals surface area contributed by atoms with Gasteiger partial charge in [-0.3, -0.25) is 0 Å². The van der Waals surface area contributed by atoms with Crippen LogP contribution in [0.4, 0.5) is 0 Å². The van der Waals surface area contributed by atoms with Gasteiger partial charge in [0.1, 0.15) is 5.82 Å². The van der Waals surface area contributed by atoms with Crippen molar-refractivity contribution in [2.24, 2.45) is 7.05 Å². The Hall–Kier alpha value is -0.385. The molecule has 0 saturated carbocycles. The van der Waals surface area contributed by atoms with E-state index < -0.39 is 28.7 Å². The summed E-state index contributed by atoms with van der Waals surface area (Å²) in [6.07, 6.45) is 8.40. The molecule has 1 heterocycles. The molecule has 0 amide bonds. The summed E-state index contributed by atoms with van der Waals surface area (Å²) >= 11 is -1.66. The Morgan fingerprint density at radius 2 is 1.84 bits per heavy atom. The fourth-order valence-corrected chi connectivity index (χ4v) is 3.89. The summed E-state index contributed by atoms with van der Waals surface area (Å²) < 4.78 is 6.98. The number of hydrogen-bond donors (Lipinski definition) is 0. The molecule has 19 heavy (non-hydrogen) atoms. The van der Waals surface area contributed by atoms with Gasteiger partial charge in [0, 0.05) is 19.4 Å². The number of rotatable bonds is 6. The summed E-state index contributed by atoms with van der Waals surface area (Å²) in [5.74, 6) is 10.5. The molecule has 0 bridgehead atoms. The van der Waals surface area contributed by atoms with Gasteiger partial charge in [0.2, 0.25) is 0 Å². The van der Waals surface area contributed by atoms with E-state index in [4.69, 9.17) is 0 Å². The van der Waals surface area contributed by atoms with Crippen molar-refractivity contribution in [3.63, 3.8) is 0 Å². The van der Waals surface area contributed by atoms with Gasteiger partial charge in [0.05, 0.1) is 6.04 Å². The summed E-state index contributed by atoms with van der Waals surface area (Å²) in [5.41, 5.74) is 0. The minimum absolute atomic E-state index is 0.338. The Morgan fingerprint density at radius 3 is 2.26 bits per heavy atom. The van der Waals surface area contributed by atoms with Crippen molar-refractivity contribution < 1.29 is 0 Å². The maximum Gasteiger partial charge on any atom is 0.407 e. The van der Waals surface area contributed by atoms with E-state index in [1.165, 1.54) is 0 Å². The molecule has 0 fully saturated rings. The second kappa shape index (κ2) is 7.41. The monoisotopic (exact) mass is 292 g/mol. The molecule has 0 aliphatic rings. The molecule has 0 aliphatic heterocycles. The second-order valence-corrected chi connectivity index (χ2v) is 11.5. The van der Waals surface area contributed by atoms with Gasteiger partial charge in [-0.2, -0.15) is 0 Å². The van der Waals surface area contributed by atoms with E-state index >= 15 is 0 Å². The smallest absolute Gasteiger partial charge is 0.407 e. The van der Waals surface area contributed by atoms with Crippen molar-refractivity contribution in [2.45, 2.75) is 36.1 Å². The van der Waals surface area contributed by atoms with Gasteiger partial charge in [-0.15, -0.1) is 0 Å². The van der Waals surface area contributed by atoms with Crippen LogP contribution in [0.25, 0.3) is 0 Å². The molecule has 1 rings (SSSR count). The maximum absolute atomic E-state index is 4.49. The Morgan fingerprint density at radius 1 is 1.21 bits per heavy atom. The minimum atomic E-state index is -0.917. The Bertz CT molecular complexity index is 415. The number of nitrogens with zero attached hydrogens (tertiary/aromatic N) is 4. The van der Waals surface area contributed by atoms with Gasteiger partial charge < -0.3 is 12.3 Å². The molecular weight excluding hydrogens is 266 g/mol. The lowest BCUT2D eigenvalue weighted by molar-refractivity contribution is 0.423. The number of imidazole rings is 1. The molecule has 0 saturated heterocycles. The third kappa shape index (κ3) is 4.58. The largest absolute Gasteiger partial charge is 0.470 e. The van der Waals surface area contributed by atoms with Crippen molar-refractivity contribution in [3.8, 4) is 0 Å². The van der Waals surface area contributed by atoms with Gasteiger partial charge in [0.25, 0.3) is 0 Å². The van der Waals surface area contributed by atoms with Crippen LogP contribution in [0.5, 0.6) is 0 Å². The Labute approximate surface area is 126 Å². The second-order valence-electron chi connectivity index (χ2n) is 5.67. The van der Waals surface area contributed by atoms with E-state index in [1.807, 2.05) is 12.4 Å². The minimum Gasteiger partial charge on any atom is -0.470 e. The van der Waals surface area contributed by atoms with Gasteiger partial charge in [-0.05, 0) is 26.4 Å². The highest BCUT2D eigenvalue weighted by Gasteiger charge is 2.22. The predicted molar refractivity (Wildman–Crippen MR) is 85.3 cm³/mol. The van der Waals surface area contributed by atoms with Crippen LogP contribution in [0.2, 0.25) is 23.1 Å². The highest BCUT2D eigenvalue weighted by Crippen LogP contribution is 2.20. The van der Waals surface area contributed by atoms with Gasteiger partial charge in [0.15, 0.2) is 0 Å². The first-order valence-electron chi connectivity index (χ1n) is 6.99. The van der Waals surface area contributed by atoms with Gasteiger partial charge in [-0.25, -0.2) is 4.98 Å². The molecule has 0 spiro atoms. The third-order valence-electron chi connectivity index (χ3n) is 3.56. The SMILES string of the molecule is CC(c1nccn1C)[N](/C=C\[N](C)[Al]([CH3])[CH3])[Al]([CH3])[CH3]. The summed E-state index contributed by atoms with van der Waals surface area (Å²) in [7, 11) is 4.24. The molecule has 0 radical (unpaired) electrons. The zero-order valence-electron chi connectivity index (χ0n) is 13.3. The molecular formula is C13H26Al2N4. The Balaban J connectivity index is 2.87. The molecule has 0 N–H and O–H groups in total. The molecule has 1 atom stereocenters. The molecule has 104 valence electrons. The van der Waals surface area contributed by atoms with Crippen LogP contribution in [-0.2, 0) is 7.05 Å². The first-order chi connectivity index (χ1) is 8.84. The van der Waals surface area contributed by atoms with E-state index in [2.05, 4.69) is 73.9 Å². The van der Waals surface area contributed by atoms with Crippen LogP contribution in [0.15, 0.2) is 24.8 Å². The number of aryl methyl sites for hydroxylation is 1. The molecule has 1 unspecified atom stereocenters. The summed E-state index contributed by atoms with van der Waals surface area (Å²) in [4.78, 5) is 4.49. The van der Waals surface area contributed by atoms with Crippen molar-refractivity contribution >= 4 is 28.7 Å². The van der Waals surface area contributed by atoms with Crippen molar-refractivity contribution in [1.29, 1.82) is 0 Å². The normalized spacial score (nSPS) is 12.6. The highest BCUT2D eigenvalue weighted by molar-refractivity contribution is 6.53. The van der Waals surface area contributed by atoms with Gasteiger partial charge in [-0.1, -0.05) is 23.1 Å². The number of aromatic nitrogens is 2. The molecule has 4 nitrogen and oxygen atoms in total. The topological polar surface area (TPSA) is 24.3 Å². The lowest BCUT2D eigenvalue weighted by atomic mass is 10.3. The summed E-state index contributed by atoms with van der Waals surface area (Å²) in [6, 6.07) is 0.338. The van der Waals surface area contributed by atoms with Crippen LogP contribution in [0.3, 0.4) is 0 Å². The van der Waals surface area contributed by atoms with E-state index in [1.54, 1.807) is 0 Å². The quantitative estimate of drug-likeness (QED) is 0.753. The molecule has 0 aliphatic carbocycles. The van der Waals surface area contributed by atoms with Crippen molar-refractivity contribution in [2.75, 3.05) is 7.05 Å². The van der Waals surface area contributed by atoms with Crippen LogP contribution < -0.4 is 0 Å². The van der Waals surface area contributed by atoms with E-state index in [-0.39, 0.29) is 0 Å². The fourth-order valence-electron chi connectivity index (χ4n) is 2.02. The standard InChI is InChI=1S/C9H14N4.4CH3.2Al/c1-8(11-5-4-10-2)9-12-6-7-13(9)3;;;;;;/h4-8H,1-3H3;4*1H3;;/q-2;;;;;2*+1/b5-4-;;;;;;. The average Bonchev–Trinajstić information content (AvgIpc) is 2.74. The molecule has 1 aromatic heterocycles. The van der Waals surface area contributed by atoms with E-state index in [0.717, 1.165) is 5.82 Å². The first-order valence-corrected chi connectivity index (χ1v) is 12.6. The van der Waals surface area contributed by atoms with E-state index in [0.29, 0.717) is 6.04 Å². The number of hydrogen-bond acceptors (Lipinski definition) is 3. The fraction of sp³-hybridized carbons (Fsp3) is 0.615. The van der Waals surface area contributed by atoms with Crippen LogP contribution in [-0.4, -0.2) is 53.1 Å². The van der Waals surface area contributed by atoms with Crippen LogP contribution in [0.1, 0.15) is 18.8 Å². The lowest BCUT2D eigenvalue weighted by Gasteiger charge is -2.31. The van der Waals surface area contributed by atoms with Crippen molar-refractivity contribution in [1.82, 2.24) is 17.3 Å². The van der Waals surface area contributed by atoms with E-state index in [9.17, 15) is 0 Å². The van der Waals surface area contributed by atoms with Gasteiger partial charge >= 0.3 is 28.7 Å². The van der Waals surface area contributed by atoms with Crippen LogP contribution in [0, 0.1) is 0 Å². The lowest BCUT2D eigenvalue weighted by Crippen LogP contribution is -2.34. The third-order valence-corrected chi connectivity index (χ3v) is 7.18. The molecule has 0 aromatic carbocycles. The summed E-state index contributed by atoms with van der Waals surface area (Å²) in [6.45, 7) is 2.24. The molecule has 1 aromatic rings. The zero-order chi connectivity index (χ0) is 14.6. The maximum atomic E-state index is 4.49. The van der Waals surface area contributed by atoms with Crippen molar-refractivity contribution in [3.05, 3.63) is 30.6 Å². The first kappa shape index (κ1) is 16.7.